The van der Waals surface area contributed by atoms with Crippen molar-refractivity contribution in [3.63, 3.8) is 0 Å². The van der Waals surface area contributed by atoms with Crippen LogP contribution in [0.15, 0.2) is 0 Å². The molecular formula is C12H18O4. The van der Waals surface area contributed by atoms with Crippen LogP contribution >= 0.6 is 0 Å². The van der Waals surface area contributed by atoms with E-state index in [1.807, 2.05) is 0 Å². The van der Waals surface area contributed by atoms with Gasteiger partial charge < -0.3 is 14.9 Å². The zero-order valence-electron chi connectivity index (χ0n) is 9.64. The summed E-state index contributed by atoms with van der Waals surface area (Å²) < 4.78 is 5.39. The van der Waals surface area contributed by atoms with Crippen LogP contribution in [-0.2, 0) is 9.53 Å². The molecule has 3 aliphatic rings. The molecule has 3 fully saturated rings. The van der Waals surface area contributed by atoms with E-state index in [1.54, 1.807) is 0 Å². The molecule has 0 aromatic carbocycles. The average molecular weight is 226 g/mol. The molecule has 2 aliphatic carbocycles. The number of hydrogen-bond donors (Lipinski definition) is 2. The van der Waals surface area contributed by atoms with Crippen molar-refractivity contribution in [3.05, 3.63) is 0 Å². The molecule has 0 radical (unpaired) electrons. The van der Waals surface area contributed by atoms with Crippen molar-refractivity contribution in [1.82, 2.24) is 0 Å². The SMILES string of the molecule is CC[C@]1(C)[C@@H]2OC(=O)[C@@H]3[C@@H](O)[C@@H](O)CC[C@]321. The summed E-state index contributed by atoms with van der Waals surface area (Å²) in [6.45, 7) is 4.22. The lowest BCUT2D eigenvalue weighted by Crippen LogP contribution is -2.47. The highest BCUT2D eigenvalue weighted by atomic mass is 16.6. The quantitative estimate of drug-likeness (QED) is 0.637. The third-order valence-electron chi connectivity index (χ3n) is 5.39. The summed E-state index contributed by atoms with van der Waals surface area (Å²) in [5, 5.41) is 19.6. The van der Waals surface area contributed by atoms with Crippen molar-refractivity contribution in [2.24, 2.45) is 16.7 Å². The van der Waals surface area contributed by atoms with Crippen LogP contribution in [0.2, 0.25) is 0 Å². The molecule has 2 saturated carbocycles. The van der Waals surface area contributed by atoms with Gasteiger partial charge in [0.25, 0.3) is 0 Å². The monoisotopic (exact) mass is 226 g/mol. The summed E-state index contributed by atoms with van der Waals surface area (Å²) in [4.78, 5) is 11.7. The molecule has 3 rings (SSSR count). The maximum absolute atomic E-state index is 11.7. The van der Waals surface area contributed by atoms with Gasteiger partial charge in [0.05, 0.1) is 18.1 Å². The molecular weight excluding hydrogens is 208 g/mol. The zero-order chi connectivity index (χ0) is 11.7. The van der Waals surface area contributed by atoms with E-state index >= 15 is 0 Å². The minimum absolute atomic E-state index is 0.00664. The maximum atomic E-state index is 11.7. The van der Waals surface area contributed by atoms with Gasteiger partial charge in [-0.3, -0.25) is 4.79 Å². The molecule has 0 unspecified atom stereocenters. The van der Waals surface area contributed by atoms with Crippen molar-refractivity contribution < 1.29 is 19.7 Å². The number of rotatable bonds is 1. The first-order chi connectivity index (χ1) is 7.49. The first-order valence-corrected chi connectivity index (χ1v) is 6.05. The van der Waals surface area contributed by atoms with E-state index in [9.17, 15) is 15.0 Å². The first kappa shape index (κ1) is 10.5. The van der Waals surface area contributed by atoms with E-state index in [0.29, 0.717) is 6.42 Å². The van der Waals surface area contributed by atoms with Crippen LogP contribution in [0.5, 0.6) is 0 Å². The smallest absolute Gasteiger partial charge is 0.312 e. The number of carbonyl (C=O) groups is 1. The van der Waals surface area contributed by atoms with E-state index in [1.165, 1.54) is 0 Å². The Hall–Kier alpha value is -0.610. The van der Waals surface area contributed by atoms with Gasteiger partial charge in [-0.1, -0.05) is 13.8 Å². The first-order valence-electron chi connectivity index (χ1n) is 6.05. The van der Waals surface area contributed by atoms with Crippen LogP contribution in [0, 0.1) is 16.7 Å². The lowest BCUT2D eigenvalue weighted by molar-refractivity contribution is -0.158. The van der Waals surface area contributed by atoms with Gasteiger partial charge in [0.1, 0.15) is 6.10 Å². The Kier molecular flexibility index (Phi) is 1.84. The van der Waals surface area contributed by atoms with E-state index in [-0.39, 0.29) is 22.9 Å². The zero-order valence-corrected chi connectivity index (χ0v) is 9.64. The Morgan fingerprint density at radius 2 is 2.19 bits per heavy atom. The normalized spacial score (nSPS) is 58.9. The van der Waals surface area contributed by atoms with Crippen molar-refractivity contribution in [1.29, 1.82) is 0 Å². The Bertz CT molecular complexity index is 355. The summed E-state index contributed by atoms with van der Waals surface area (Å²) in [6.07, 6.45) is 0.550. The number of aliphatic hydroxyl groups excluding tert-OH is 2. The molecule has 1 aliphatic heterocycles. The Labute approximate surface area is 94.6 Å². The molecule has 0 aromatic heterocycles. The molecule has 4 nitrogen and oxygen atoms in total. The second-order valence-electron chi connectivity index (χ2n) is 5.70. The number of ether oxygens (including phenoxy) is 1. The molecule has 2 N–H and O–H groups in total. The predicted octanol–water partition coefficient (Wildman–Crippen LogP) is 0.460. The standard InChI is InChI=1S/C12H18O4/c1-3-11(2)10-12(11)5-4-6(13)8(14)7(12)9(15)16-10/h6-8,10,13-14H,3-5H2,1-2H3/t6-,7-,8-,10-,11+,12-/m0/s1. The Morgan fingerprint density at radius 3 is 2.81 bits per heavy atom. The molecule has 1 heterocycles. The van der Waals surface area contributed by atoms with Crippen LogP contribution in [0.4, 0.5) is 0 Å². The van der Waals surface area contributed by atoms with Gasteiger partial charge >= 0.3 is 5.97 Å². The van der Waals surface area contributed by atoms with Gasteiger partial charge in [-0.25, -0.2) is 0 Å². The topological polar surface area (TPSA) is 66.8 Å². The maximum Gasteiger partial charge on any atom is 0.312 e. The second-order valence-corrected chi connectivity index (χ2v) is 5.70. The van der Waals surface area contributed by atoms with Crippen LogP contribution in [0.1, 0.15) is 33.1 Å². The molecule has 16 heavy (non-hydrogen) atoms. The number of carbonyl (C=O) groups excluding carboxylic acids is 1. The highest BCUT2D eigenvalue weighted by Crippen LogP contribution is 2.78. The molecule has 0 aromatic rings. The lowest BCUT2D eigenvalue weighted by Gasteiger charge is -2.37. The van der Waals surface area contributed by atoms with E-state index in [4.69, 9.17) is 4.74 Å². The average Bonchev–Trinajstić information content (AvgIpc) is 2.59. The summed E-state index contributed by atoms with van der Waals surface area (Å²) in [5.41, 5.74) is -0.190. The summed E-state index contributed by atoms with van der Waals surface area (Å²) in [7, 11) is 0. The Balaban J connectivity index is 2.00. The van der Waals surface area contributed by atoms with Crippen LogP contribution in [-0.4, -0.2) is 34.5 Å². The minimum atomic E-state index is -0.945. The van der Waals surface area contributed by atoms with Gasteiger partial charge in [-0.15, -0.1) is 0 Å². The third-order valence-corrected chi connectivity index (χ3v) is 5.39. The lowest BCUT2D eigenvalue weighted by atomic mass is 9.69. The molecule has 0 amide bonds. The van der Waals surface area contributed by atoms with Crippen LogP contribution < -0.4 is 0 Å². The van der Waals surface area contributed by atoms with Crippen molar-refractivity contribution in [3.8, 4) is 0 Å². The predicted molar refractivity (Wildman–Crippen MR) is 55.4 cm³/mol. The molecule has 90 valence electrons. The van der Waals surface area contributed by atoms with Gasteiger partial charge in [0.2, 0.25) is 0 Å². The van der Waals surface area contributed by atoms with Gasteiger partial charge in [-0.2, -0.15) is 0 Å². The number of aliphatic hydroxyl groups is 2. The molecule has 1 spiro atoms. The summed E-state index contributed by atoms with van der Waals surface area (Å²) in [6, 6.07) is 0. The van der Waals surface area contributed by atoms with Gasteiger partial charge in [0.15, 0.2) is 0 Å². The third kappa shape index (κ3) is 0.843. The fourth-order valence-electron chi connectivity index (χ4n) is 4.21. The fourth-order valence-corrected chi connectivity index (χ4v) is 4.21. The minimum Gasteiger partial charge on any atom is -0.461 e. The largest absolute Gasteiger partial charge is 0.461 e. The summed E-state index contributed by atoms with van der Waals surface area (Å²) >= 11 is 0. The molecule has 4 heteroatoms. The summed E-state index contributed by atoms with van der Waals surface area (Å²) in [5.74, 6) is -0.826. The van der Waals surface area contributed by atoms with Crippen molar-refractivity contribution in [2.45, 2.75) is 51.4 Å². The van der Waals surface area contributed by atoms with Crippen LogP contribution in [0.3, 0.4) is 0 Å². The number of hydrogen-bond acceptors (Lipinski definition) is 4. The molecule has 0 bridgehead atoms. The van der Waals surface area contributed by atoms with E-state index in [2.05, 4.69) is 13.8 Å². The Morgan fingerprint density at radius 1 is 1.50 bits per heavy atom. The number of esters is 1. The van der Waals surface area contributed by atoms with Crippen molar-refractivity contribution >= 4 is 5.97 Å². The molecule has 6 atom stereocenters. The highest BCUT2D eigenvalue weighted by molar-refractivity contribution is 5.80. The van der Waals surface area contributed by atoms with Crippen LogP contribution in [0.25, 0.3) is 0 Å². The molecule has 1 saturated heterocycles. The van der Waals surface area contributed by atoms with Crippen molar-refractivity contribution in [2.75, 3.05) is 0 Å². The second kappa shape index (κ2) is 2.79. The van der Waals surface area contributed by atoms with E-state index < -0.39 is 18.1 Å². The van der Waals surface area contributed by atoms with Gasteiger partial charge in [-0.05, 0) is 19.3 Å². The van der Waals surface area contributed by atoms with E-state index in [0.717, 1.165) is 12.8 Å². The highest BCUT2D eigenvalue weighted by Gasteiger charge is 2.85. The fraction of sp³-hybridized carbons (Fsp3) is 0.917. The van der Waals surface area contributed by atoms with Gasteiger partial charge in [0, 0.05) is 10.8 Å².